The van der Waals surface area contributed by atoms with Gasteiger partial charge in [-0.05, 0) is 30.7 Å². The Labute approximate surface area is 156 Å². The van der Waals surface area contributed by atoms with Gasteiger partial charge in [-0.25, -0.2) is 9.97 Å². The molecule has 4 rings (SSSR count). The number of aromatic nitrogens is 5. The number of hydrogen-bond donors (Lipinski definition) is 3. The van der Waals surface area contributed by atoms with Crippen LogP contribution in [0.2, 0.25) is 0 Å². The molecule has 2 atom stereocenters. The van der Waals surface area contributed by atoms with Crippen molar-refractivity contribution in [1.82, 2.24) is 24.7 Å². The highest BCUT2D eigenvalue weighted by atomic mass is 16.3. The second kappa shape index (κ2) is 7.30. The molecule has 0 bridgehead atoms. The van der Waals surface area contributed by atoms with Crippen molar-refractivity contribution in [3.8, 4) is 17.1 Å². The van der Waals surface area contributed by atoms with Gasteiger partial charge in [0.1, 0.15) is 18.1 Å². The molecule has 2 unspecified atom stereocenters. The molecule has 4 aromatic rings. The smallest absolute Gasteiger partial charge is 0.155 e. The number of nitrogens with zero attached hydrogens (tertiary/aromatic N) is 4. The molecular weight excluding hydrogens is 342 g/mol. The molecule has 3 N–H and O–H groups in total. The van der Waals surface area contributed by atoms with Crippen molar-refractivity contribution in [2.24, 2.45) is 0 Å². The van der Waals surface area contributed by atoms with Gasteiger partial charge in [-0.3, -0.25) is 5.10 Å². The lowest BCUT2D eigenvalue weighted by atomic mass is 10.0. The van der Waals surface area contributed by atoms with Crippen LogP contribution in [0.15, 0.2) is 55.1 Å². The van der Waals surface area contributed by atoms with E-state index >= 15 is 0 Å². The van der Waals surface area contributed by atoms with Crippen molar-refractivity contribution in [2.75, 3.05) is 0 Å². The number of H-pyrrole nitrogens is 1. The van der Waals surface area contributed by atoms with Gasteiger partial charge in [0.15, 0.2) is 5.82 Å². The zero-order chi connectivity index (χ0) is 18.8. The fourth-order valence-electron chi connectivity index (χ4n) is 3.23. The third-order valence-electron chi connectivity index (χ3n) is 4.65. The van der Waals surface area contributed by atoms with Crippen molar-refractivity contribution in [1.29, 1.82) is 0 Å². The lowest BCUT2D eigenvalue weighted by Gasteiger charge is -2.17. The highest BCUT2D eigenvalue weighted by molar-refractivity contribution is 5.79. The summed E-state index contributed by atoms with van der Waals surface area (Å²) in [5.74, 6) is 0.705. The second-order valence-electron chi connectivity index (χ2n) is 6.55. The summed E-state index contributed by atoms with van der Waals surface area (Å²) in [6.45, 7) is 1.98. The van der Waals surface area contributed by atoms with Crippen LogP contribution in [-0.2, 0) is 0 Å². The van der Waals surface area contributed by atoms with Crippen LogP contribution >= 0.6 is 0 Å². The maximum Gasteiger partial charge on any atom is 0.155 e. The second-order valence-corrected chi connectivity index (χ2v) is 6.55. The van der Waals surface area contributed by atoms with Crippen molar-refractivity contribution in [2.45, 2.75) is 32.0 Å². The number of fused-ring (bicyclic) bond motifs is 1. The molecule has 0 amide bonds. The molecule has 138 valence electrons. The Hall–Kier alpha value is -3.03. The van der Waals surface area contributed by atoms with Gasteiger partial charge < -0.3 is 14.8 Å². The number of aromatic amines is 1. The number of rotatable bonds is 6. The van der Waals surface area contributed by atoms with E-state index in [-0.39, 0.29) is 0 Å². The summed E-state index contributed by atoms with van der Waals surface area (Å²) in [5.41, 5.74) is 3.29. The molecule has 3 aromatic heterocycles. The summed E-state index contributed by atoms with van der Waals surface area (Å²) >= 11 is 0. The van der Waals surface area contributed by atoms with Gasteiger partial charge in [0.05, 0.1) is 6.10 Å². The van der Waals surface area contributed by atoms with Gasteiger partial charge in [0.2, 0.25) is 0 Å². The summed E-state index contributed by atoms with van der Waals surface area (Å²) in [5, 5.41) is 28.0. The Bertz CT molecular complexity index is 1040. The zero-order valence-corrected chi connectivity index (χ0v) is 14.9. The summed E-state index contributed by atoms with van der Waals surface area (Å²) in [7, 11) is 0. The van der Waals surface area contributed by atoms with Crippen LogP contribution in [0, 0.1) is 0 Å². The van der Waals surface area contributed by atoms with E-state index in [1.54, 1.807) is 6.20 Å². The fourth-order valence-corrected chi connectivity index (χ4v) is 3.23. The Balaban J connectivity index is 1.69. The van der Waals surface area contributed by atoms with Gasteiger partial charge in [-0.2, -0.15) is 5.10 Å². The normalized spacial score (nSPS) is 13.7. The number of aliphatic hydroxyl groups excluding tert-OH is 2. The van der Waals surface area contributed by atoms with Gasteiger partial charge in [0.25, 0.3) is 0 Å². The quantitative estimate of drug-likeness (QED) is 0.489. The number of benzene rings is 1. The monoisotopic (exact) mass is 363 g/mol. The lowest BCUT2D eigenvalue weighted by Crippen LogP contribution is -2.17. The average Bonchev–Trinajstić information content (AvgIpc) is 3.37. The average molecular weight is 363 g/mol. The molecule has 0 fully saturated rings. The summed E-state index contributed by atoms with van der Waals surface area (Å²) in [4.78, 5) is 8.72. The van der Waals surface area contributed by atoms with Crippen molar-refractivity contribution in [3.05, 3.63) is 60.7 Å². The third kappa shape index (κ3) is 3.34. The molecule has 0 aliphatic carbocycles. The lowest BCUT2D eigenvalue weighted by molar-refractivity contribution is 0.0130. The van der Waals surface area contributed by atoms with Crippen molar-refractivity contribution in [3.63, 3.8) is 0 Å². The third-order valence-corrected chi connectivity index (χ3v) is 4.65. The van der Waals surface area contributed by atoms with Crippen LogP contribution in [0.3, 0.4) is 0 Å². The SMILES string of the molecule is CCCC(O)C(O)c1cnc2c(ccn2-c2cccc(-c3ncn[nH]3)c2)c1. The predicted octanol–water partition coefficient (Wildman–Crippen LogP) is 3.01. The van der Waals surface area contributed by atoms with E-state index in [0.29, 0.717) is 17.8 Å². The van der Waals surface area contributed by atoms with Crippen LogP contribution in [0.25, 0.3) is 28.1 Å². The van der Waals surface area contributed by atoms with Gasteiger partial charge in [0, 0.05) is 34.6 Å². The Morgan fingerprint density at radius 1 is 1.15 bits per heavy atom. The van der Waals surface area contributed by atoms with Gasteiger partial charge in [-0.1, -0.05) is 25.5 Å². The molecule has 3 heterocycles. The first kappa shape index (κ1) is 17.4. The molecule has 0 saturated heterocycles. The van der Waals surface area contributed by atoms with E-state index in [4.69, 9.17) is 0 Å². The zero-order valence-electron chi connectivity index (χ0n) is 14.9. The largest absolute Gasteiger partial charge is 0.390 e. The summed E-state index contributed by atoms with van der Waals surface area (Å²) < 4.78 is 1.98. The van der Waals surface area contributed by atoms with Gasteiger partial charge >= 0.3 is 0 Å². The molecular formula is C20H21N5O2. The minimum atomic E-state index is -0.931. The maximum atomic E-state index is 10.3. The van der Waals surface area contributed by atoms with Crippen LogP contribution in [0.1, 0.15) is 31.4 Å². The number of hydrogen-bond acceptors (Lipinski definition) is 5. The number of aliphatic hydroxyl groups is 2. The van der Waals surface area contributed by atoms with E-state index in [9.17, 15) is 10.2 Å². The standard InChI is InChI=1S/C20H21N5O2/c1-2-4-17(26)18(27)15-9-14-7-8-25(20(14)21-11-15)16-6-3-5-13(10-16)19-22-12-23-24-19/h3,5-12,17-18,26-27H,2,4H2,1H3,(H,22,23,24). The summed E-state index contributed by atoms with van der Waals surface area (Å²) in [6.07, 6.45) is 4.70. The van der Waals surface area contributed by atoms with E-state index in [2.05, 4.69) is 20.2 Å². The first-order chi connectivity index (χ1) is 13.2. The van der Waals surface area contributed by atoms with E-state index in [0.717, 1.165) is 28.7 Å². The molecule has 0 saturated carbocycles. The van der Waals surface area contributed by atoms with E-state index < -0.39 is 12.2 Å². The van der Waals surface area contributed by atoms with E-state index in [1.165, 1.54) is 6.33 Å². The first-order valence-corrected chi connectivity index (χ1v) is 8.96. The van der Waals surface area contributed by atoms with Crippen LogP contribution in [0.4, 0.5) is 0 Å². The maximum absolute atomic E-state index is 10.3. The highest BCUT2D eigenvalue weighted by Gasteiger charge is 2.19. The fraction of sp³-hybridized carbons (Fsp3) is 0.250. The highest BCUT2D eigenvalue weighted by Crippen LogP contribution is 2.26. The molecule has 0 aliphatic heterocycles. The van der Waals surface area contributed by atoms with Gasteiger partial charge in [-0.15, -0.1) is 0 Å². The molecule has 7 heteroatoms. The van der Waals surface area contributed by atoms with Crippen molar-refractivity contribution < 1.29 is 10.2 Å². The number of nitrogens with one attached hydrogen (secondary N) is 1. The minimum Gasteiger partial charge on any atom is -0.390 e. The summed E-state index contributed by atoms with van der Waals surface area (Å²) in [6, 6.07) is 11.8. The first-order valence-electron chi connectivity index (χ1n) is 8.96. The molecule has 1 aromatic carbocycles. The van der Waals surface area contributed by atoms with Crippen LogP contribution in [-0.4, -0.2) is 41.0 Å². The molecule has 0 spiro atoms. The number of pyridine rings is 1. The van der Waals surface area contributed by atoms with Crippen molar-refractivity contribution >= 4 is 11.0 Å². The topological polar surface area (TPSA) is 99.8 Å². The van der Waals surface area contributed by atoms with Crippen LogP contribution < -0.4 is 0 Å². The van der Waals surface area contributed by atoms with Crippen LogP contribution in [0.5, 0.6) is 0 Å². The molecule has 7 nitrogen and oxygen atoms in total. The Morgan fingerprint density at radius 2 is 2.04 bits per heavy atom. The minimum absolute atomic E-state index is 0.550. The van der Waals surface area contributed by atoms with E-state index in [1.807, 2.05) is 54.1 Å². The Kier molecular flexibility index (Phi) is 4.70. The Morgan fingerprint density at radius 3 is 2.81 bits per heavy atom. The molecule has 27 heavy (non-hydrogen) atoms. The molecule has 0 aliphatic rings. The predicted molar refractivity (Wildman–Crippen MR) is 102 cm³/mol. The molecule has 0 radical (unpaired) electrons.